The largest absolute Gasteiger partial charge is 0.464 e. The summed E-state index contributed by atoms with van der Waals surface area (Å²) in [5, 5.41) is 3.13. The number of furan rings is 1. The van der Waals surface area contributed by atoms with Crippen LogP contribution in [0.3, 0.4) is 0 Å². The maximum absolute atomic E-state index is 12.9. The van der Waals surface area contributed by atoms with Crippen molar-refractivity contribution in [1.82, 2.24) is 9.62 Å². The number of nitrogens with one attached hydrogen (secondary N) is 1. The maximum Gasteiger partial charge on any atom is 0.247 e. The van der Waals surface area contributed by atoms with E-state index in [1.165, 1.54) is 4.31 Å². The third-order valence-electron chi connectivity index (χ3n) is 3.61. The van der Waals surface area contributed by atoms with Gasteiger partial charge in [0.15, 0.2) is 0 Å². The Bertz CT molecular complexity index is 592. The second kappa shape index (κ2) is 6.08. The van der Waals surface area contributed by atoms with Crippen LogP contribution in [0, 0.1) is 6.92 Å². The Kier molecular flexibility index (Phi) is 4.77. The lowest BCUT2D eigenvalue weighted by Crippen LogP contribution is -2.55. The summed E-state index contributed by atoms with van der Waals surface area (Å²) in [5.41, 5.74) is -0.553. The predicted molar refractivity (Wildman–Crippen MR) is 79.6 cm³/mol. The molecule has 0 amide bonds. The van der Waals surface area contributed by atoms with Crippen molar-refractivity contribution in [2.24, 2.45) is 0 Å². The van der Waals surface area contributed by atoms with E-state index < -0.39 is 15.6 Å². The minimum atomic E-state index is -3.57. The number of rotatable bonds is 5. The molecule has 0 aromatic carbocycles. The van der Waals surface area contributed by atoms with E-state index >= 15 is 0 Å². The van der Waals surface area contributed by atoms with Gasteiger partial charge in [-0.2, -0.15) is 4.31 Å². The van der Waals surface area contributed by atoms with Crippen LogP contribution >= 0.6 is 0 Å². The molecule has 1 saturated heterocycles. The van der Waals surface area contributed by atoms with Crippen molar-refractivity contribution in [3.8, 4) is 0 Å². The van der Waals surface area contributed by atoms with Gasteiger partial charge in [0.1, 0.15) is 16.4 Å². The molecule has 0 unspecified atom stereocenters. The van der Waals surface area contributed by atoms with Crippen molar-refractivity contribution in [2.45, 2.75) is 44.7 Å². The molecule has 0 radical (unpaired) electrons. The lowest BCUT2D eigenvalue weighted by Gasteiger charge is -2.40. The first-order chi connectivity index (χ1) is 9.79. The molecule has 7 heteroatoms. The summed E-state index contributed by atoms with van der Waals surface area (Å²) >= 11 is 0. The van der Waals surface area contributed by atoms with E-state index in [0.717, 1.165) is 6.54 Å². The first kappa shape index (κ1) is 16.5. The van der Waals surface area contributed by atoms with Crippen molar-refractivity contribution in [3.63, 3.8) is 0 Å². The predicted octanol–water partition coefficient (Wildman–Crippen LogP) is 1.50. The number of aryl methyl sites for hydroxylation is 1. The molecule has 0 spiro atoms. The van der Waals surface area contributed by atoms with Gasteiger partial charge < -0.3 is 14.5 Å². The lowest BCUT2D eigenvalue weighted by atomic mass is 10.1. The van der Waals surface area contributed by atoms with Crippen LogP contribution in [-0.4, -0.2) is 44.6 Å². The Morgan fingerprint density at radius 2 is 2.14 bits per heavy atom. The fourth-order valence-corrected chi connectivity index (χ4v) is 4.46. The summed E-state index contributed by atoms with van der Waals surface area (Å²) in [4.78, 5) is 0.255. The van der Waals surface area contributed by atoms with Crippen molar-refractivity contribution in [1.29, 1.82) is 0 Å². The van der Waals surface area contributed by atoms with Gasteiger partial charge in [-0.15, -0.1) is 0 Å². The zero-order chi connectivity index (χ0) is 15.7. The number of hydrogen-bond donors (Lipinski definition) is 1. The minimum absolute atomic E-state index is 0.255. The fourth-order valence-electron chi connectivity index (χ4n) is 2.52. The van der Waals surface area contributed by atoms with E-state index in [0.29, 0.717) is 37.8 Å². The quantitative estimate of drug-likeness (QED) is 0.891. The number of ether oxygens (including phenoxy) is 1. The molecule has 0 saturated carbocycles. The monoisotopic (exact) mass is 316 g/mol. The van der Waals surface area contributed by atoms with E-state index in [-0.39, 0.29) is 4.90 Å². The fraction of sp³-hybridized carbons (Fsp3) is 0.714. The minimum Gasteiger partial charge on any atom is -0.464 e. The van der Waals surface area contributed by atoms with Crippen LogP contribution < -0.4 is 5.32 Å². The zero-order valence-corrected chi connectivity index (χ0v) is 13.9. The molecule has 1 aliphatic heterocycles. The van der Waals surface area contributed by atoms with Gasteiger partial charge in [0.2, 0.25) is 10.0 Å². The molecule has 1 aliphatic rings. The van der Waals surface area contributed by atoms with Gasteiger partial charge in [-0.25, -0.2) is 8.42 Å². The number of hydrogen-bond acceptors (Lipinski definition) is 5. The van der Waals surface area contributed by atoms with Gasteiger partial charge in [-0.3, -0.25) is 0 Å². The summed E-state index contributed by atoms with van der Waals surface area (Å²) in [6.45, 7) is 9.94. The van der Waals surface area contributed by atoms with Crippen molar-refractivity contribution in [2.75, 3.05) is 26.3 Å². The molecular weight excluding hydrogens is 292 g/mol. The highest BCUT2D eigenvalue weighted by Gasteiger charge is 2.41. The van der Waals surface area contributed by atoms with Crippen LogP contribution in [0.15, 0.2) is 15.4 Å². The van der Waals surface area contributed by atoms with Gasteiger partial charge in [0.05, 0.1) is 25.3 Å². The summed E-state index contributed by atoms with van der Waals surface area (Å²) in [5.74, 6) is 1.07. The van der Waals surface area contributed by atoms with Crippen molar-refractivity contribution < 1.29 is 17.6 Å². The second-order valence-corrected chi connectivity index (χ2v) is 7.69. The molecular formula is C14H24N2O4S. The third kappa shape index (κ3) is 3.31. The molecule has 1 fully saturated rings. The topological polar surface area (TPSA) is 71.8 Å². The van der Waals surface area contributed by atoms with E-state index in [9.17, 15) is 8.42 Å². The molecule has 1 aromatic heterocycles. The Labute approximate surface area is 126 Å². The van der Waals surface area contributed by atoms with Crippen LogP contribution in [-0.2, 0) is 21.3 Å². The average molecular weight is 316 g/mol. The maximum atomic E-state index is 12.9. The molecule has 0 bridgehead atoms. The number of sulfonamides is 1. The molecule has 2 rings (SSSR count). The third-order valence-corrected chi connectivity index (χ3v) is 5.83. The van der Waals surface area contributed by atoms with Gasteiger partial charge >= 0.3 is 0 Å². The summed E-state index contributed by atoms with van der Waals surface area (Å²) in [6.07, 6.45) is 0. The smallest absolute Gasteiger partial charge is 0.247 e. The lowest BCUT2D eigenvalue weighted by molar-refractivity contribution is -0.00774. The SMILES string of the molecule is CCNCc1cc(S(=O)(=O)N2CCOCC2(C)C)c(C)o1. The molecule has 0 aliphatic carbocycles. The van der Waals surface area contributed by atoms with E-state index in [2.05, 4.69) is 5.32 Å². The molecule has 6 nitrogen and oxygen atoms in total. The number of nitrogens with zero attached hydrogens (tertiary/aromatic N) is 1. The van der Waals surface area contributed by atoms with Crippen LogP contribution in [0.25, 0.3) is 0 Å². The van der Waals surface area contributed by atoms with E-state index in [1.807, 2.05) is 20.8 Å². The Balaban J connectivity index is 2.33. The van der Waals surface area contributed by atoms with Gasteiger partial charge in [-0.05, 0) is 27.3 Å². The first-order valence-corrected chi connectivity index (χ1v) is 8.63. The standard InChI is InChI=1S/C14H24N2O4S/c1-5-15-9-12-8-13(11(2)20-12)21(17,18)16-6-7-19-10-14(16,3)4/h8,15H,5-7,9-10H2,1-4H3. The normalized spacial score (nSPS) is 19.8. The summed E-state index contributed by atoms with van der Waals surface area (Å²) in [6, 6.07) is 1.62. The number of morpholine rings is 1. The molecule has 21 heavy (non-hydrogen) atoms. The molecule has 0 atom stereocenters. The summed E-state index contributed by atoms with van der Waals surface area (Å²) < 4.78 is 38.3. The second-order valence-electron chi connectivity index (χ2n) is 5.86. The van der Waals surface area contributed by atoms with Crippen molar-refractivity contribution in [3.05, 3.63) is 17.6 Å². The van der Waals surface area contributed by atoms with E-state index in [4.69, 9.17) is 9.15 Å². The zero-order valence-electron chi connectivity index (χ0n) is 13.1. The van der Waals surface area contributed by atoms with Crippen LogP contribution in [0.4, 0.5) is 0 Å². The molecule has 2 heterocycles. The first-order valence-electron chi connectivity index (χ1n) is 7.19. The Hall–Kier alpha value is -0.890. The highest BCUT2D eigenvalue weighted by molar-refractivity contribution is 7.89. The Morgan fingerprint density at radius 3 is 2.76 bits per heavy atom. The molecule has 1 aromatic rings. The highest BCUT2D eigenvalue weighted by Crippen LogP contribution is 2.30. The summed E-state index contributed by atoms with van der Waals surface area (Å²) in [7, 11) is -3.57. The highest BCUT2D eigenvalue weighted by atomic mass is 32.2. The Morgan fingerprint density at radius 1 is 1.43 bits per heavy atom. The van der Waals surface area contributed by atoms with Gasteiger partial charge in [-0.1, -0.05) is 6.92 Å². The van der Waals surface area contributed by atoms with Crippen LogP contribution in [0.1, 0.15) is 32.3 Å². The van der Waals surface area contributed by atoms with Crippen molar-refractivity contribution >= 4 is 10.0 Å². The van der Waals surface area contributed by atoms with Gasteiger partial charge in [0, 0.05) is 12.6 Å². The average Bonchev–Trinajstić information content (AvgIpc) is 2.77. The molecule has 120 valence electrons. The van der Waals surface area contributed by atoms with Crippen LogP contribution in [0.2, 0.25) is 0 Å². The van der Waals surface area contributed by atoms with Crippen LogP contribution in [0.5, 0.6) is 0 Å². The molecule has 1 N–H and O–H groups in total. The van der Waals surface area contributed by atoms with E-state index in [1.54, 1.807) is 13.0 Å². The van der Waals surface area contributed by atoms with Gasteiger partial charge in [0.25, 0.3) is 0 Å².